The van der Waals surface area contributed by atoms with Crippen LogP contribution in [0.1, 0.15) is 5.56 Å². The van der Waals surface area contributed by atoms with Crippen LogP contribution in [0.5, 0.6) is 0 Å². The quantitative estimate of drug-likeness (QED) is 0.840. The number of nitrogens with zero attached hydrogens (tertiary/aromatic N) is 2. The Bertz CT molecular complexity index is 566. The van der Waals surface area contributed by atoms with Crippen molar-refractivity contribution in [1.29, 1.82) is 0 Å². The molecule has 0 saturated heterocycles. The van der Waals surface area contributed by atoms with Gasteiger partial charge in [-0.2, -0.15) is 0 Å². The molecule has 0 saturated carbocycles. The SMILES string of the molecule is O=c1c(Br)cncn1Cc1cccc(Br)c1. The highest BCUT2D eigenvalue weighted by molar-refractivity contribution is 9.10. The zero-order chi connectivity index (χ0) is 11.5. The summed E-state index contributed by atoms with van der Waals surface area (Å²) in [6.07, 6.45) is 3.04. The zero-order valence-electron chi connectivity index (χ0n) is 8.23. The van der Waals surface area contributed by atoms with Crippen LogP contribution < -0.4 is 5.56 Å². The van der Waals surface area contributed by atoms with Crippen molar-refractivity contribution in [3.8, 4) is 0 Å². The minimum Gasteiger partial charge on any atom is -0.294 e. The van der Waals surface area contributed by atoms with Gasteiger partial charge in [-0.25, -0.2) is 4.98 Å². The minimum absolute atomic E-state index is 0.0741. The van der Waals surface area contributed by atoms with E-state index in [2.05, 4.69) is 36.8 Å². The van der Waals surface area contributed by atoms with E-state index in [0.717, 1.165) is 10.0 Å². The van der Waals surface area contributed by atoms with Gasteiger partial charge in [0.05, 0.1) is 12.9 Å². The fourth-order valence-electron chi connectivity index (χ4n) is 1.37. The van der Waals surface area contributed by atoms with Gasteiger partial charge in [0.15, 0.2) is 0 Å². The lowest BCUT2D eigenvalue weighted by atomic mass is 10.2. The Labute approximate surface area is 109 Å². The maximum Gasteiger partial charge on any atom is 0.267 e. The van der Waals surface area contributed by atoms with Gasteiger partial charge in [-0.15, -0.1) is 0 Å². The highest BCUT2D eigenvalue weighted by Gasteiger charge is 2.01. The van der Waals surface area contributed by atoms with Crippen molar-refractivity contribution in [3.05, 3.63) is 61.7 Å². The molecule has 3 nitrogen and oxygen atoms in total. The second kappa shape index (κ2) is 4.93. The van der Waals surface area contributed by atoms with E-state index in [0.29, 0.717) is 11.0 Å². The lowest BCUT2D eigenvalue weighted by Crippen LogP contribution is -2.21. The Kier molecular flexibility index (Phi) is 3.56. The van der Waals surface area contributed by atoms with Gasteiger partial charge in [-0.3, -0.25) is 9.36 Å². The third-order valence-corrected chi connectivity index (χ3v) is 3.14. The first kappa shape index (κ1) is 11.5. The molecule has 0 bridgehead atoms. The first-order chi connectivity index (χ1) is 7.66. The Balaban J connectivity index is 2.34. The lowest BCUT2D eigenvalue weighted by Gasteiger charge is -2.05. The first-order valence-corrected chi connectivity index (χ1v) is 6.20. The van der Waals surface area contributed by atoms with E-state index in [1.165, 1.54) is 12.5 Å². The summed E-state index contributed by atoms with van der Waals surface area (Å²) in [6.45, 7) is 0.519. The highest BCUT2D eigenvalue weighted by atomic mass is 79.9. The number of aromatic nitrogens is 2. The Hall–Kier alpha value is -0.940. The van der Waals surface area contributed by atoms with Crippen molar-refractivity contribution in [1.82, 2.24) is 9.55 Å². The maximum atomic E-state index is 11.7. The monoisotopic (exact) mass is 342 g/mol. The smallest absolute Gasteiger partial charge is 0.267 e. The van der Waals surface area contributed by atoms with E-state index in [-0.39, 0.29) is 5.56 Å². The Morgan fingerprint density at radius 3 is 2.88 bits per heavy atom. The predicted molar refractivity (Wildman–Crippen MR) is 69.4 cm³/mol. The maximum absolute atomic E-state index is 11.7. The Morgan fingerprint density at radius 1 is 1.31 bits per heavy atom. The standard InChI is InChI=1S/C11H8Br2N2O/c12-9-3-1-2-8(4-9)6-15-7-14-5-10(13)11(15)16/h1-5,7H,6H2. The molecule has 1 heterocycles. The molecule has 2 aromatic rings. The van der Waals surface area contributed by atoms with Crippen LogP contribution in [0.25, 0.3) is 0 Å². The van der Waals surface area contributed by atoms with Crippen LogP contribution in [0.2, 0.25) is 0 Å². The topological polar surface area (TPSA) is 34.9 Å². The van der Waals surface area contributed by atoms with Crippen LogP contribution in [0.4, 0.5) is 0 Å². The molecule has 0 N–H and O–H groups in total. The zero-order valence-corrected chi connectivity index (χ0v) is 11.4. The van der Waals surface area contributed by atoms with E-state index in [4.69, 9.17) is 0 Å². The van der Waals surface area contributed by atoms with E-state index in [1.807, 2.05) is 24.3 Å². The summed E-state index contributed by atoms with van der Waals surface area (Å²) in [7, 11) is 0. The van der Waals surface area contributed by atoms with Gasteiger partial charge in [0.2, 0.25) is 0 Å². The van der Waals surface area contributed by atoms with Crippen LogP contribution in [0.15, 0.2) is 50.5 Å². The average Bonchev–Trinajstić information content (AvgIpc) is 2.25. The second-order valence-electron chi connectivity index (χ2n) is 3.30. The molecule has 1 aromatic heterocycles. The number of benzene rings is 1. The third-order valence-electron chi connectivity index (χ3n) is 2.10. The van der Waals surface area contributed by atoms with Crippen LogP contribution in [-0.2, 0) is 6.54 Å². The van der Waals surface area contributed by atoms with Gasteiger partial charge in [0.1, 0.15) is 4.47 Å². The molecule has 0 aliphatic carbocycles. The molecule has 0 spiro atoms. The summed E-state index contributed by atoms with van der Waals surface area (Å²) in [5.74, 6) is 0. The van der Waals surface area contributed by atoms with Gasteiger partial charge in [0.25, 0.3) is 5.56 Å². The molecule has 82 valence electrons. The predicted octanol–water partition coefficient (Wildman–Crippen LogP) is 2.82. The van der Waals surface area contributed by atoms with E-state index in [9.17, 15) is 4.79 Å². The molecular weight excluding hydrogens is 336 g/mol. The molecular formula is C11H8Br2N2O. The number of halogens is 2. The summed E-state index contributed by atoms with van der Waals surface area (Å²) in [5.41, 5.74) is 0.978. The molecule has 0 aliphatic rings. The third kappa shape index (κ3) is 2.59. The molecule has 16 heavy (non-hydrogen) atoms. The molecule has 0 fully saturated rings. The normalized spacial score (nSPS) is 10.4. The first-order valence-electron chi connectivity index (χ1n) is 4.61. The molecule has 5 heteroatoms. The summed E-state index contributed by atoms with van der Waals surface area (Å²) < 4.78 is 3.04. The largest absolute Gasteiger partial charge is 0.294 e. The van der Waals surface area contributed by atoms with Gasteiger partial charge >= 0.3 is 0 Å². The van der Waals surface area contributed by atoms with Crippen molar-refractivity contribution in [2.45, 2.75) is 6.54 Å². The van der Waals surface area contributed by atoms with Crippen LogP contribution in [0.3, 0.4) is 0 Å². The van der Waals surface area contributed by atoms with Gasteiger partial charge < -0.3 is 0 Å². The summed E-state index contributed by atoms with van der Waals surface area (Å²) in [5, 5.41) is 0. The van der Waals surface area contributed by atoms with Gasteiger partial charge in [-0.1, -0.05) is 28.1 Å². The van der Waals surface area contributed by atoms with Crippen molar-refractivity contribution in [3.63, 3.8) is 0 Å². The van der Waals surface area contributed by atoms with Crippen LogP contribution >= 0.6 is 31.9 Å². The highest BCUT2D eigenvalue weighted by Crippen LogP contribution is 2.12. The van der Waals surface area contributed by atoms with Crippen molar-refractivity contribution in [2.75, 3.05) is 0 Å². The second-order valence-corrected chi connectivity index (χ2v) is 5.07. The molecule has 1 aromatic carbocycles. The van der Waals surface area contributed by atoms with Gasteiger partial charge in [-0.05, 0) is 33.6 Å². The average molecular weight is 344 g/mol. The van der Waals surface area contributed by atoms with Crippen molar-refractivity contribution < 1.29 is 0 Å². The van der Waals surface area contributed by atoms with Crippen LogP contribution in [-0.4, -0.2) is 9.55 Å². The molecule has 0 atom stereocenters. The summed E-state index contributed by atoms with van der Waals surface area (Å²) in [4.78, 5) is 15.7. The molecule has 2 rings (SSSR count). The van der Waals surface area contributed by atoms with E-state index < -0.39 is 0 Å². The number of rotatable bonds is 2. The lowest BCUT2D eigenvalue weighted by molar-refractivity contribution is 0.730. The summed E-state index contributed by atoms with van der Waals surface area (Å²) in [6, 6.07) is 7.84. The molecule has 0 radical (unpaired) electrons. The van der Waals surface area contributed by atoms with E-state index in [1.54, 1.807) is 4.57 Å². The van der Waals surface area contributed by atoms with E-state index >= 15 is 0 Å². The van der Waals surface area contributed by atoms with Gasteiger partial charge in [0, 0.05) is 10.7 Å². The van der Waals surface area contributed by atoms with Crippen molar-refractivity contribution >= 4 is 31.9 Å². The summed E-state index contributed by atoms with van der Waals surface area (Å²) >= 11 is 6.56. The minimum atomic E-state index is -0.0741. The fraction of sp³-hybridized carbons (Fsp3) is 0.0909. The number of hydrogen-bond acceptors (Lipinski definition) is 2. The van der Waals surface area contributed by atoms with Crippen LogP contribution in [0, 0.1) is 0 Å². The van der Waals surface area contributed by atoms with Crippen molar-refractivity contribution in [2.24, 2.45) is 0 Å². The molecule has 0 aliphatic heterocycles. The number of hydrogen-bond donors (Lipinski definition) is 0. The Morgan fingerprint density at radius 2 is 2.12 bits per heavy atom. The fourth-order valence-corrected chi connectivity index (χ4v) is 2.16. The molecule has 0 amide bonds. The molecule has 0 unspecified atom stereocenters.